The SMILES string of the molecule is Cc1cc(OCCCCCc2ccccc2)ccc1/C=C/CNCCC(=O)O.Cl. The lowest BCUT2D eigenvalue weighted by Crippen LogP contribution is -2.17. The Kier molecular flexibility index (Phi) is 12.5. The summed E-state index contributed by atoms with van der Waals surface area (Å²) in [6.07, 6.45) is 8.76. The number of benzene rings is 2. The number of hydrogen-bond acceptors (Lipinski definition) is 3. The molecule has 0 spiro atoms. The van der Waals surface area contributed by atoms with Gasteiger partial charge in [0.05, 0.1) is 13.0 Å². The van der Waals surface area contributed by atoms with E-state index in [0.29, 0.717) is 13.1 Å². The fourth-order valence-corrected chi connectivity index (χ4v) is 2.93. The van der Waals surface area contributed by atoms with Crippen molar-refractivity contribution in [3.63, 3.8) is 0 Å². The maximum Gasteiger partial charge on any atom is 0.304 e. The van der Waals surface area contributed by atoms with Gasteiger partial charge < -0.3 is 15.2 Å². The van der Waals surface area contributed by atoms with Crippen molar-refractivity contribution in [3.8, 4) is 5.75 Å². The zero-order valence-corrected chi connectivity index (χ0v) is 17.9. The molecule has 2 aromatic rings. The lowest BCUT2D eigenvalue weighted by molar-refractivity contribution is -0.136. The quantitative estimate of drug-likeness (QED) is 0.435. The molecule has 29 heavy (non-hydrogen) atoms. The molecule has 2 N–H and O–H groups in total. The number of carboxylic acid groups (broad SMARTS) is 1. The summed E-state index contributed by atoms with van der Waals surface area (Å²) in [5.41, 5.74) is 3.72. The van der Waals surface area contributed by atoms with Crippen LogP contribution in [0.3, 0.4) is 0 Å². The molecule has 0 aromatic heterocycles. The van der Waals surface area contributed by atoms with E-state index in [2.05, 4.69) is 60.8 Å². The summed E-state index contributed by atoms with van der Waals surface area (Å²) in [6, 6.07) is 16.7. The van der Waals surface area contributed by atoms with E-state index in [0.717, 1.165) is 30.8 Å². The van der Waals surface area contributed by atoms with Crippen LogP contribution in [0.15, 0.2) is 54.6 Å². The van der Waals surface area contributed by atoms with E-state index in [1.807, 2.05) is 12.1 Å². The highest BCUT2D eigenvalue weighted by Crippen LogP contribution is 2.19. The molecule has 0 aliphatic carbocycles. The minimum absolute atomic E-state index is 0. The van der Waals surface area contributed by atoms with E-state index < -0.39 is 5.97 Å². The molecular formula is C24H32ClNO3. The van der Waals surface area contributed by atoms with E-state index in [1.54, 1.807) is 0 Å². The number of hydrogen-bond donors (Lipinski definition) is 2. The molecule has 0 saturated carbocycles. The Morgan fingerprint density at radius 2 is 1.90 bits per heavy atom. The smallest absolute Gasteiger partial charge is 0.304 e. The molecule has 5 heteroatoms. The van der Waals surface area contributed by atoms with Crippen molar-refractivity contribution in [2.75, 3.05) is 19.7 Å². The largest absolute Gasteiger partial charge is 0.494 e. The Morgan fingerprint density at radius 3 is 2.62 bits per heavy atom. The molecular weight excluding hydrogens is 386 g/mol. The monoisotopic (exact) mass is 417 g/mol. The molecule has 0 saturated heterocycles. The number of halogens is 1. The maximum absolute atomic E-state index is 10.4. The number of aliphatic carboxylic acids is 1. The average Bonchev–Trinajstić information content (AvgIpc) is 2.69. The Morgan fingerprint density at radius 1 is 1.10 bits per heavy atom. The van der Waals surface area contributed by atoms with Crippen LogP contribution in [0.4, 0.5) is 0 Å². The lowest BCUT2D eigenvalue weighted by Gasteiger charge is -2.09. The molecule has 158 valence electrons. The third-order valence-corrected chi connectivity index (χ3v) is 4.54. The summed E-state index contributed by atoms with van der Waals surface area (Å²) in [7, 11) is 0. The summed E-state index contributed by atoms with van der Waals surface area (Å²) in [5, 5.41) is 11.7. The third kappa shape index (κ3) is 10.7. The van der Waals surface area contributed by atoms with Crippen molar-refractivity contribution >= 4 is 24.5 Å². The minimum atomic E-state index is -0.779. The number of carboxylic acids is 1. The van der Waals surface area contributed by atoms with Gasteiger partial charge in [-0.05, 0) is 61.4 Å². The molecule has 0 amide bonds. The van der Waals surface area contributed by atoms with Crippen LogP contribution in [-0.4, -0.2) is 30.8 Å². The van der Waals surface area contributed by atoms with Gasteiger partial charge in [-0.25, -0.2) is 0 Å². The highest BCUT2D eigenvalue weighted by atomic mass is 35.5. The Labute approximate surface area is 180 Å². The first-order chi connectivity index (χ1) is 13.6. The predicted octanol–water partition coefficient (Wildman–Crippen LogP) is 5.29. The highest BCUT2D eigenvalue weighted by Gasteiger charge is 2.00. The highest BCUT2D eigenvalue weighted by molar-refractivity contribution is 5.85. The summed E-state index contributed by atoms with van der Waals surface area (Å²) < 4.78 is 5.88. The molecule has 0 atom stereocenters. The predicted molar refractivity (Wildman–Crippen MR) is 122 cm³/mol. The Hall–Kier alpha value is -2.30. The first-order valence-corrected chi connectivity index (χ1v) is 10.0. The van der Waals surface area contributed by atoms with E-state index in [-0.39, 0.29) is 18.8 Å². The lowest BCUT2D eigenvalue weighted by atomic mass is 10.1. The first kappa shape index (κ1) is 24.7. The maximum atomic E-state index is 10.4. The van der Waals surface area contributed by atoms with Gasteiger partial charge in [-0.2, -0.15) is 0 Å². The average molecular weight is 418 g/mol. The molecule has 0 fully saturated rings. The molecule has 0 aliphatic heterocycles. The second-order valence-corrected chi connectivity index (χ2v) is 6.91. The van der Waals surface area contributed by atoms with Crippen LogP contribution in [-0.2, 0) is 11.2 Å². The van der Waals surface area contributed by atoms with Crippen molar-refractivity contribution in [1.82, 2.24) is 5.32 Å². The van der Waals surface area contributed by atoms with Gasteiger partial charge in [0.2, 0.25) is 0 Å². The topological polar surface area (TPSA) is 58.6 Å². The van der Waals surface area contributed by atoms with Crippen molar-refractivity contribution in [1.29, 1.82) is 0 Å². The van der Waals surface area contributed by atoms with E-state index >= 15 is 0 Å². The second kappa shape index (κ2) is 14.7. The van der Waals surface area contributed by atoms with Gasteiger partial charge >= 0.3 is 5.97 Å². The number of rotatable bonds is 13. The van der Waals surface area contributed by atoms with Gasteiger partial charge in [-0.3, -0.25) is 4.79 Å². The summed E-state index contributed by atoms with van der Waals surface area (Å²) in [5.74, 6) is 0.136. The van der Waals surface area contributed by atoms with Crippen LogP contribution in [0.5, 0.6) is 5.75 Å². The third-order valence-electron chi connectivity index (χ3n) is 4.54. The van der Waals surface area contributed by atoms with Crippen molar-refractivity contribution in [3.05, 3.63) is 71.3 Å². The van der Waals surface area contributed by atoms with Crippen molar-refractivity contribution in [2.45, 2.75) is 39.0 Å². The molecule has 2 rings (SSSR count). The molecule has 0 radical (unpaired) electrons. The van der Waals surface area contributed by atoms with Gasteiger partial charge in [0.1, 0.15) is 5.75 Å². The summed E-state index contributed by atoms with van der Waals surface area (Å²) in [6.45, 7) is 3.96. The van der Waals surface area contributed by atoms with Gasteiger partial charge in [-0.1, -0.05) is 48.6 Å². The van der Waals surface area contributed by atoms with E-state index in [4.69, 9.17) is 9.84 Å². The fourth-order valence-electron chi connectivity index (χ4n) is 2.93. The number of carbonyl (C=O) groups is 1. The van der Waals surface area contributed by atoms with Crippen LogP contribution in [0.25, 0.3) is 6.08 Å². The zero-order chi connectivity index (χ0) is 20.0. The number of aryl methyl sites for hydroxylation is 2. The van der Waals surface area contributed by atoms with Crippen LogP contribution in [0.1, 0.15) is 42.4 Å². The minimum Gasteiger partial charge on any atom is -0.494 e. The van der Waals surface area contributed by atoms with Crippen LogP contribution in [0, 0.1) is 6.92 Å². The number of ether oxygens (including phenoxy) is 1. The molecule has 0 unspecified atom stereocenters. The summed E-state index contributed by atoms with van der Waals surface area (Å²) in [4.78, 5) is 10.4. The van der Waals surface area contributed by atoms with Crippen LogP contribution < -0.4 is 10.1 Å². The number of nitrogens with one attached hydrogen (secondary N) is 1. The first-order valence-electron chi connectivity index (χ1n) is 10.0. The van der Waals surface area contributed by atoms with E-state index in [9.17, 15) is 4.79 Å². The van der Waals surface area contributed by atoms with Gasteiger partial charge in [0.15, 0.2) is 0 Å². The molecule has 0 bridgehead atoms. The molecule has 4 nitrogen and oxygen atoms in total. The Bertz CT molecular complexity index is 747. The van der Waals surface area contributed by atoms with Gasteiger partial charge in [0, 0.05) is 13.1 Å². The van der Waals surface area contributed by atoms with Crippen molar-refractivity contribution in [2.24, 2.45) is 0 Å². The van der Waals surface area contributed by atoms with Gasteiger partial charge in [0.25, 0.3) is 0 Å². The molecule has 0 aliphatic rings. The second-order valence-electron chi connectivity index (χ2n) is 6.91. The Balaban J connectivity index is 0.00000420. The van der Waals surface area contributed by atoms with E-state index in [1.165, 1.54) is 24.0 Å². The van der Waals surface area contributed by atoms with Crippen LogP contribution >= 0.6 is 12.4 Å². The van der Waals surface area contributed by atoms with Crippen LogP contribution in [0.2, 0.25) is 0 Å². The molecule has 0 heterocycles. The van der Waals surface area contributed by atoms with Crippen molar-refractivity contribution < 1.29 is 14.6 Å². The fraction of sp³-hybridized carbons (Fsp3) is 0.375. The molecule has 2 aromatic carbocycles. The summed E-state index contributed by atoms with van der Waals surface area (Å²) >= 11 is 0. The standard InChI is InChI=1S/C24H31NO3.ClH/c1-20-19-23(14-13-22(20)12-8-16-25-17-15-24(26)27)28-18-7-3-6-11-21-9-4-2-5-10-21;/h2,4-5,8-10,12-14,19,25H,3,6-7,11,15-18H2,1H3,(H,26,27);1H/b12-8+;. The van der Waals surface area contributed by atoms with Gasteiger partial charge in [-0.15, -0.1) is 12.4 Å². The number of unbranched alkanes of at least 4 members (excludes halogenated alkanes) is 2. The normalized spacial score (nSPS) is 10.7. The zero-order valence-electron chi connectivity index (χ0n) is 17.1.